The lowest BCUT2D eigenvalue weighted by atomic mass is 10.3. The van der Waals surface area contributed by atoms with Crippen LogP contribution in [0.3, 0.4) is 0 Å². The fourth-order valence-electron chi connectivity index (χ4n) is 2.67. The molecule has 0 aromatic carbocycles. The molecular weight excluding hydrogens is 354 g/mol. The smallest absolute Gasteiger partial charge is 0.287 e. The second kappa shape index (κ2) is 7.30. The van der Waals surface area contributed by atoms with Crippen LogP contribution in [-0.4, -0.2) is 52.4 Å². The van der Waals surface area contributed by atoms with Gasteiger partial charge in [0.2, 0.25) is 5.95 Å². The summed E-state index contributed by atoms with van der Waals surface area (Å²) in [6.45, 7) is 3.63. The van der Waals surface area contributed by atoms with Crippen molar-refractivity contribution in [3.63, 3.8) is 0 Å². The fraction of sp³-hybridized carbons (Fsp3) is 0.467. The van der Waals surface area contributed by atoms with E-state index >= 15 is 0 Å². The van der Waals surface area contributed by atoms with Crippen LogP contribution in [0.15, 0.2) is 23.3 Å². The van der Waals surface area contributed by atoms with Gasteiger partial charge < -0.3 is 9.80 Å². The van der Waals surface area contributed by atoms with Gasteiger partial charge in [-0.3, -0.25) is 4.79 Å². The molecule has 0 saturated carbocycles. The summed E-state index contributed by atoms with van der Waals surface area (Å²) in [4.78, 5) is 24.7. The monoisotopic (exact) mass is 370 g/mol. The average Bonchev–Trinajstić information content (AvgIpc) is 2.59. The standard InChI is InChI=1S/C15H17ClF2N6O/c1-10-2-3-19-15(21-10)23-6-4-22(5-7-23)11-8-20-24(9-12(17)18)14(25)13(11)16/h2-3,8,12H,4-7,9H2,1H3. The van der Waals surface area contributed by atoms with Crippen molar-refractivity contribution in [1.82, 2.24) is 19.7 Å². The van der Waals surface area contributed by atoms with Crippen molar-refractivity contribution in [2.45, 2.75) is 19.9 Å². The zero-order chi connectivity index (χ0) is 18.0. The third-order valence-corrected chi connectivity index (χ3v) is 4.32. The van der Waals surface area contributed by atoms with Gasteiger partial charge in [-0.1, -0.05) is 11.6 Å². The first kappa shape index (κ1) is 17.5. The van der Waals surface area contributed by atoms with E-state index < -0.39 is 18.5 Å². The molecule has 10 heteroatoms. The lowest BCUT2D eigenvalue weighted by Gasteiger charge is -2.36. The highest BCUT2D eigenvalue weighted by Gasteiger charge is 2.23. The molecule has 0 amide bonds. The zero-order valence-electron chi connectivity index (χ0n) is 13.6. The van der Waals surface area contributed by atoms with Crippen molar-refractivity contribution in [1.29, 1.82) is 0 Å². The van der Waals surface area contributed by atoms with Crippen molar-refractivity contribution < 1.29 is 8.78 Å². The largest absolute Gasteiger partial charge is 0.365 e. The minimum atomic E-state index is -2.66. The molecule has 0 bridgehead atoms. The highest BCUT2D eigenvalue weighted by molar-refractivity contribution is 6.33. The Labute approximate surface area is 147 Å². The third kappa shape index (κ3) is 3.87. The van der Waals surface area contributed by atoms with Crippen molar-refractivity contribution in [3.05, 3.63) is 39.5 Å². The summed E-state index contributed by atoms with van der Waals surface area (Å²) in [6, 6.07) is 1.83. The van der Waals surface area contributed by atoms with Crippen LogP contribution in [0, 0.1) is 6.92 Å². The van der Waals surface area contributed by atoms with Crippen molar-refractivity contribution in [2.24, 2.45) is 0 Å². The van der Waals surface area contributed by atoms with Gasteiger partial charge in [-0.15, -0.1) is 0 Å². The van der Waals surface area contributed by atoms with Crippen LogP contribution in [0.4, 0.5) is 20.4 Å². The fourth-order valence-corrected chi connectivity index (χ4v) is 2.94. The van der Waals surface area contributed by atoms with E-state index in [0.29, 0.717) is 42.5 Å². The first-order chi connectivity index (χ1) is 12.0. The average molecular weight is 371 g/mol. The summed E-state index contributed by atoms with van der Waals surface area (Å²) in [5, 5.41) is 3.72. The van der Waals surface area contributed by atoms with Gasteiger partial charge in [0, 0.05) is 38.1 Å². The molecule has 134 valence electrons. The number of piperazine rings is 1. The molecule has 0 N–H and O–H groups in total. The quantitative estimate of drug-likeness (QED) is 0.814. The number of rotatable bonds is 4. The van der Waals surface area contributed by atoms with Crippen LogP contribution in [-0.2, 0) is 6.54 Å². The van der Waals surface area contributed by atoms with E-state index in [1.54, 1.807) is 6.20 Å². The first-order valence-electron chi connectivity index (χ1n) is 7.79. The van der Waals surface area contributed by atoms with E-state index in [9.17, 15) is 13.6 Å². The number of aryl methyl sites for hydroxylation is 1. The maximum Gasteiger partial charge on any atom is 0.287 e. The van der Waals surface area contributed by atoms with E-state index in [4.69, 9.17) is 11.6 Å². The van der Waals surface area contributed by atoms with Crippen LogP contribution in [0.1, 0.15) is 5.69 Å². The summed E-state index contributed by atoms with van der Waals surface area (Å²) < 4.78 is 25.6. The lowest BCUT2D eigenvalue weighted by molar-refractivity contribution is 0.119. The molecule has 1 saturated heterocycles. The molecule has 0 unspecified atom stereocenters. The van der Waals surface area contributed by atoms with Crippen LogP contribution in [0.2, 0.25) is 5.02 Å². The summed E-state index contributed by atoms with van der Waals surface area (Å²) in [5.74, 6) is 0.663. The zero-order valence-corrected chi connectivity index (χ0v) is 14.3. The number of alkyl halides is 2. The molecule has 2 aromatic heterocycles. The molecule has 0 atom stereocenters. The van der Waals surface area contributed by atoms with Gasteiger partial charge in [0.05, 0.1) is 11.9 Å². The highest BCUT2D eigenvalue weighted by Crippen LogP contribution is 2.23. The maximum atomic E-state index is 12.4. The third-order valence-electron chi connectivity index (χ3n) is 3.96. The number of hydrogen-bond acceptors (Lipinski definition) is 6. The Balaban J connectivity index is 1.73. The van der Waals surface area contributed by atoms with Crippen molar-refractivity contribution >= 4 is 23.2 Å². The molecule has 0 spiro atoms. The maximum absolute atomic E-state index is 12.4. The molecule has 7 nitrogen and oxygen atoms in total. The molecule has 2 aromatic rings. The number of nitrogens with zero attached hydrogens (tertiary/aromatic N) is 6. The number of anilines is 2. The van der Waals surface area contributed by atoms with E-state index in [2.05, 4.69) is 15.1 Å². The number of halogens is 3. The molecule has 0 aliphatic carbocycles. The Hall–Kier alpha value is -2.29. The van der Waals surface area contributed by atoms with Crippen LogP contribution in [0.25, 0.3) is 0 Å². The van der Waals surface area contributed by atoms with E-state index in [0.717, 1.165) is 5.69 Å². The molecule has 1 fully saturated rings. The van der Waals surface area contributed by atoms with Gasteiger partial charge in [0.1, 0.15) is 11.6 Å². The van der Waals surface area contributed by atoms with Crippen molar-refractivity contribution in [3.8, 4) is 0 Å². The summed E-state index contributed by atoms with van der Waals surface area (Å²) >= 11 is 6.09. The predicted octanol–water partition coefficient (Wildman–Crippen LogP) is 1.59. The first-order valence-corrected chi connectivity index (χ1v) is 8.17. The van der Waals surface area contributed by atoms with Gasteiger partial charge in [-0.25, -0.2) is 23.4 Å². The van der Waals surface area contributed by atoms with Gasteiger partial charge in [-0.05, 0) is 13.0 Å². The van der Waals surface area contributed by atoms with Gasteiger partial charge in [0.25, 0.3) is 12.0 Å². The Kier molecular flexibility index (Phi) is 5.12. The lowest BCUT2D eigenvalue weighted by Crippen LogP contribution is -2.47. The van der Waals surface area contributed by atoms with Gasteiger partial charge >= 0.3 is 0 Å². The molecular formula is C15H17ClF2N6O. The normalized spacial score (nSPS) is 15.1. The minimum Gasteiger partial charge on any atom is -0.365 e. The highest BCUT2D eigenvalue weighted by atomic mass is 35.5. The summed E-state index contributed by atoms with van der Waals surface area (Å²) in [5.41, 5.74) is 0.647. The molecule has 1 aliphatic heterocycles. The van der Waals surface area contributed by atoms with Gasteiger partial charge in [-0.2, -0.15) is 5.10 Å². The van der Waals surface area contributed by atoms with Crippen LogP contribution < -0.4 is 15.4 Å². The Bertz CT molecular complexity index is 807. The number of aromatic nitrogens is 4. The van der Waals surface area contributed by atoms with E-state index in [1.165, 1.54) is 6.20 Å². The Morgan fingerprint density at radius 3 is 2.56 bits per heavy atom. The van der Waals surface area contributed by atoms with E-state index in [1.807, 2.05) is 22.8 Å². The summed E-state index contributed by atoms with van der Waals surface area (Å²) in [6.07, 6.45) is 0.420. The van der Waals surface area contributed by atoms with E-state index in [-0.39, 0.29) is 5.02 Å². The predicted molar refractivity (Wildman–Crippen MR) is 90.7 cm³/mol. The SMILES string of the molecule is Cc1ccnc(N2CCN(c3cnn(CC(F)F)c(=O)c3Cl)CC2)n1. The molecule has 3 rings (SSSR count). The molecule has 1 aliphatic rings. The molecule has 25 heavy (non-hydrogen) atoms. The summed E-state index contributed by atoms with van der Waals surface area (Å²) in [7, 11) is 0. The van der Waals surface area contributed by atoms with Crippen molar-refractivity contribution in [2.75, 3.05) is 36.0 Å². The van der Waals surface area contributed by atoms with Crippen LogP contribution >= 0.6 is 11.6 Å². The second-order valence-electron chi connectivity index (χ2n) is 5.69. The Morgan fingerprint density at radius 2 is 1.92 bits per heavy atom. The van der Waals surface area contributed by atoms with Gasteiger partial charge in [0.15, 0.2) is 0 Å². The molecule has 0 radical (unpaired) electrons. The van der Waals surface area contributed by atoms with Crippen LogP contribution in [0.5, 0.6) is 0 Å². The molecule has 3 heterocycles. The topological polar surface area (TPSA) is 67.2 Å². The minimum absolute atomic E-state index is 0.0871. The Morgan fingerprint density at radius 1 is 1.24 bits per heavy atom. The second-order valence-corrected chi connectivity index (χ2v) is 6.07. The number of hydrogen-bond donors (Lipinski definition) is 0.